The third-order valence-electron chi connectivity index (χ3n) is 5.60. The van der Waals surface area contributed by atoms with Crippen molar-refractivity contribution < 1.29 is 28.5 Å². The molecule has 1 unspecified atom stereocenters. The van der Waals surface area contributed by atoms with Gasteiger partial charge in [0.15, 0.2) is 11.5 Å². The van der Waals surface area contributed by atoms with Crippen molar-refractivity contribution in [3.8, 4) is 17.2 Å². The minimum atomic E-state index is -0.868. The van der Waals surface area contributed by atoms with Gasteiger partial charge in [-0.15, -0.1) is 0 Å². The molecule has 0 saturated heterocycles. The van der Waals surface area contributed by atoms with Gasteiger partial charge in [0.2, 0.25) is 6.10 Å². The van der Waals surface area contributed by atoms with Crippen LogP contribution in [0.3, 0.4) is 0 Å². The molecule has 1 fully saturated rings. The summed E-state index contributed by atoms with van der Waals surface area (Å²) in [7, 11) is 0. The summed E-state index contributed by atoms with van der Waals surface area (Å²) in [6, 6.07) is 12.9. The van der Waals surface area contributed by atoms with Gasteiger partial charge in [-0.1, -0.05) is 12.1 Å². The second-order valence-corrected chi connectivity index (χ2v) is 7.75. The summed E-state index contributed by atoms with van der Waals surface area (Å²) in [4.78, 5) is 25.4. The largest absolute Gasteiger partial charge is 0.485 e. The Balaban J connectivity index is 1.44. The van der Waals surface area contributed by atoms with Crippen LogP contribution in [-0.2, 0) is 9.53 Å². The number of carbonyl (C=O) groups is 2. The first-order chi connectivity index (χ1) is 15.1. The van der Waals surface area contributed by atoms with E-state index in [2.05, 4.69) is 4.57 Å². The fraction of sp³-hybridized carbons (Fsp3) is 0.333. The zero-order chi connectivity index (χ0) is 21.5. The highest BCUT2D eigenvalue weighted by atomic mass is 16.6. The van der Waals surface area contributed by atoms with E-state index in [1.54, 1.807) is 31.2 Å². The van der Waals surface area contributed by atoms with Gasteiger partial charge in [0.25, 0.3) is 0 Å². The van der Waals surface area contributed by atoms with Crippen molar-refractivity contribution in [2.24, 2.45) is 0 Å². The molecule has 3 aromatic rings. The van der Waals surface area contributed by atoms with Crippen molar-refractivity contribution >= 4 is 22.8 Å². The van der Waals surface area contributed by atoms with E-state index in [9.17, 15) is 9.59 Å². The number of hydrogen-bond donors (Lipinski definition) is 0. The molecule has 2 aromatic carbocycles. The van der Waals surface area contributed by atoms with Crippen LogP contribution in [0.2, 0.25) is 0 Å². The number of hydrogen-bond acceptors (Lipinski definition) is 6. The molecule has 0 radical (unpaired) electrons. The lowest BCUT2D eigenvalue weighted by atomic mass is 10.1. The molecule has 1 aliphatic heterocycles. The summed E-state index contributed by atoms with van der Waals surface area (Å²) in [5.41, 5.74) is 2.34. The molecule has 160 valence electrons. The molecule has 0 amide bonds. The summed E-state index contributed by atoms with van der Waals surface area (Å²) in [6.45, 7) is 4.08. The molecule has 0 spiro atoms. The zero-order valence-corrected chi connectivity index (χ0v) is 17.4. The zero-order valence-electron chi connectivity index (χ0n) is 17.4. The average Bonchev–Trinajstić information content (AvgIpc) is 3.56. The average molecular weight is 421 g/mol. The predicted octanol–water partition coefficient (Wildman–Crippen LogP) is 4.21. The van der Waals surface area contributed by atoms with Gasteiger partial charge in [0, 0.05) is 22.6 Å². The van der Waals surface area contributed by atoms with Crippen molar-refractivity contribution in [2.75, 3.05) is 13.2 Å². The molecule has 1 aromatic heterocycles. The Morgan fingerprint density at radius 2 is 1.90 bits per heavy atom. The molecule has 1 atom stereocenters. The number of para-hydroxylation sites is 2. The number of nitrogens with zero attached hydrogens (tertiary/aromatic N) is 1. The smallest absolute Gasteiger partial charge is 0.356 e. The Labute approximate surface area is 179 Å². The molecule has 31 heavy (non-hydrogen) atoms. The van der Waals surface area contributed by atoms with Gasteiger partial charge >= 0.3 is 11.9 Å². The van der Waals surface area contributed by atoms with Gasteiger partial charge in [-0.05, 0) is 57.0 Å². The van der Waals surface area contributed by atoms with E-state index < -0.39 is 12.1 Å². The van der Waals surface area contributed by atoms with Crippen LogP contribution in [0.4, 0.5) is 0 Å². The highest BCUT2D eigenvalue weighted by Gasteiger charge is 2.32. The van der Waals surface area contributed by atoms with Gasteiger partial charge in [-0.25, -0.2) is 9.59 Å². The van der Waals surface area contributed by atoms with Crippen LogP contribution in [0.15, 0.2) is 42.5 Å². The maximum absolute atomic E-state index is 12.7. The molecule has 5 rings (SSSR count). The first-order valence-corrected chi connectivity index (χ1v) is 10.5. The second kappa shape index (κ2) is 7.65. The van der Waals surface area contributed by atoms with E-state index in [0.717, 1.165) is 29.4 Å². The van der Waals surface area contributed by atoms with Crippen LogP contribution < -0.4 is 14.2 Å². The summed E-state index contributed by atoms with van der Waals surface area (Å²) in [5.74, 6) is 0.536. The number of esters is 2. The fourth-order valence-electron chi connectivity index (χ4n) is 4.07. The molecule has 0 bridgehead atoms. The molecule has 7 nitrogen and oxygen atoms in total. The van der Waals surface area contributed by atoms with Crippen LogP contribution in [0.5, 0.6) is 17.2 Å². The highest BCUT2D eigenvalue weighted by Crippen LogP contribution is 2.42. The summed E-state index contributed by atoms with van der Waals surface area (Å²) >= 11 is 0. The molecule has 1 aliphatic carbocycles. The maximum Gasteiger partial charge on any atom is 0.356 e. The van der Waals surface area contributed by atoms with Crippen molar-refractivity contribution in [3.63, 3.8) is 0 Å². The van der Waals surface area contributed by atoms with Crippen molar-refractivity contribution in [1.82, 2.24) is 4.57 Å². The Kier molecular flexibility index (Phi) is 4.81. The first kappa shape index (κ1) is 19.5. The third-order valence-corrected chi connectivity index (χ3v) is 5.60. The highest BCUT2D eigenvalue weighted by molar-refractivity contribution is 6.06. The number of fused-ring (bicyclic) bond motifs is 2. The standard InChI is InChI=1S/C24H23NO6/c1-3-28-24(27)22-14(2)25(15-8-9-15)18-11-10-16(12-17(18)22)30-23(26)21-13-29-19-6-4-5-7-20(19)31-21/h4-7,10-12,15,21H,3,8-9,13H2,1-2H3. The van der Waals surface area contributed by atoms with Crippen LogP contribution in [-0.4, -0.2) is 35.8 Å². The molecule has 0 N–H and O–H groups in total. The van der Waals surface area contributed by atoms with Gasteiger partial charge < -0.3 is 23.5 Å². The Morgan fingerprint density at radius 1 is 1.13 bits per heavy atom. The molecular formula is C24H23NO6. The molecule has 1 saturated carbocycles. The fourth-order valence-corrected chi connectivity index (χ4v) is 4.07. The summed E-state index contributed by atoms with van der Waals surface area (Å²) < 4.78 is 24.4. The molecule has 2 heterocycles. The summed E-state index contributed by atoms with van der Waals surface area (Å²) in [5, 5.41) is 0.722. The minimum absolute atomic E-state index is 0.0728. The lowest BCUT2D eigenvalue weighted by molar-refractivity contribution is -0.144. The van der Waals surface area contributed by atoms with E-state index in [0.29, 0.717) is 35.5 Å². The first-order valence-electron chi connectivity index (χ1n) is 10.5. The Morgan fingerprint density at radius 3 is 2.65 bits per heavy atom. The van der Waals surface area contributed by atoms with Crippen molar-refractivity contribution in [3.05, 3.63) is 53.7 Å². The lowest BCUT2D eigenvalue weighted by Crippen LogP contribution is -2.39. The van der Waals surface area contributed by atoms with Crippen molar-refractivity contribution in [2.45, 2.75) is 38.8 Å². The van der Waals surface area contributed by atoms with Gasteiger partial charge in [0.1, 0.15) is 12.4 Å². The van der Waals surface area contributed by atoms with E-state index >= 15 is 0 Å². The number of benzene rings is 2. The van der Waals surface area contributed by atoms with Crippen molar-refractivity contribution in [1.29, 1.82) is 0 Å². The Bertz CT molecular complexity index is 1180. The third kappa shape index (κ3) is 3.50. The van der Waals surface area contributed by atoms with E-state index in [1.165, 1.54) is 0 Å². The predicted molar refractivity (Wildman–Crippen MR) is 113 cm³/mol. The molecule has 2 aliphatic rings. The molecular weight excluding hydrogens is 398 g/mol. The van der Waals surface area contributed by atoms with Crippen LogP contribution in [0.25, 0.3) is 10.9 Å². The summed E-state index contributed by atoms with van der Waals surface area (Å²) in [6.07, 6.45) is 1.31. The Hall–Kier alpha value is -3.48. The van der Waals surface area contributed by atoms with Crippen LogP contribution in [0, 0.1) is 6.92 Å². The number of rotatable bonds is 5. The minimum Gasteiger partial charge on any atom is -0.485 e. The van der Waals surface area contributed by atoms with Crippen LogP contribution in [0.1, 0.15) is 41.9 Å². The van der Waals surface area contributed by atoms with Crippen LogP contribution >= 0.6 is 0 Å². The topological polar surface area (TPSA) is 76.0 Å². The lowest BCUT2D eigenvalue weighted by Gasteiger charge is -2.24. The number of ether oxygens (including phenoxy) is 4. The monoisotopic (exact) mass is 421 g/mol. The van der Waals surface area contributed by atoms with E-state index in [-0.39, 0.29) is 12.6 Å². The van der Waals surface area contributed by atoms with Gasteiger partial charge in [-0.3, -0.25) is 0 Å². The van der Waals surface area contributed by atoms with E-state index in [4.69, 9.17) is 18.9 Å². The molecule has 7 heteroatoms. The quantitative estimate of drug-likeness (QED) is 0.454. The number of carbonyl (C=O) groups excluding carboxylic acids is 2. The number of aromatic nitrogens is 1. The van der Waals surface area contributed by atoms with Gasteiger partial charge in [-0.2, -0.15) is 0 Å². The normalized spacial score (nSPS) is 17.4. The maximum atomic E-state index is 12.7. The SMILES string of the molecule is CCOC(=O)c1c(C)n(C2CC2)c2ccc(OC(=O)C3COc4ccccc4O3)cc12. The second-order valence-electron chi connectivity index (χ2n) is 7.75. The van der Waals surface area contributed by atoms with Gasteiger partial charge in [0.05, 0.1) is 12.2 Å². The van der Waals surface area contributed by atoms with E-state index in [1.807, 2.05) is 25.1 Å².